The highest BCUT2D eigenvalue weighted by Gasteiger charge is 2.51. The van der Waals surface area contributed by atoms with Gasteiger partial charge in [-0.25, -0.2) is 0 Å². The minimum Gasteiger partial charge on any atom is -0.308 e. The van der Waals surface area contributed by atoms with Crippen LogP contribution in [0.1, 0.15) is 22.3 Å². The molecule has 0 unspecified atom stereocenters. The third-order valence-electron chi connectivity index (χ3n) is 11.5. The fourth-order valence-electron chi connectivity index (χ4n) is 9.75. The van der Waals surface area contributed by atoms with Gasteiger partial charge in [0.2, 0.25) is 0 Å². The van der Waals surface area contributed by atoms with Gasteiger partial charge in [-0.2, -0.15) is 0 Å². The van der Waals surface area contributed by atoms with Crippen molar-refractivity contribution in [2.75, 3.05) is 0 Å². The van der Waals surface area contributed by atoms with Crippen molar-refractivity contribution in [1.29, 1.82) is 0 Å². The van der Waals surface area contributed by atoms with E-state index in [1.54, 1.807) is 0 Å². The Kier molecular flexibility index (Phi) is 4.47. The molecule has 0 bridgehead atoms. The third kappa shape index (κ3) is 2.75. The SMILES string of the molecule is c1ccc(-c2ccc3c(c2)c2ccc4c5c6c(ccc7c(-c8ccccc8)ccc(c76)n3c25)C42c3ccccc3-c3ccccc32)cc1. The average molecular weight is 606 g/mol. The summed E-state index contributed by atoms with van der Waals surface area (Å²) in [4.78, 5) is 0. The second-order valence-corrected chi connectivity index (χ2v) is 13.6. The first-order chi connectivity index (χ1) is 23.8. The van der Waals surface area contributed by atoms with Crippen LogP contribution in [0, 0.1) is 0 Å². The molecule has 2 aromatic heterocycles. The highest BCUT2D eigenvalue weighted by atomic mass is 14.9. The molecule has 1 heteroatoms. The summed E-state index contributed by atoms with van der Waals surface area (Å²) >= 11 is 0. The van der Waals surface area contributed by atoms with Crippen LogP contribution in [0.25, 0.3) is 82.2 Å². The topological polar surface area (TPSA) is 4.41 Å². The van der Waals surface area contributed by atoms with Crippen LogP contribution in [0.5, 0.6) is 0 Å². The lowest BCUT2D eigenvalue weighted by Gasteiger charge is -2.30. The van der Waals surface area contributed by atoms with E-state index in [1.807, 2.05) is 0 Å². The maximum Gasteiger partial charge on any atom is 0.0726 e. The summed E-state index contributed by atoms with van der Waals surface area (Å²) in [5.74, 6) is 0. The van der Waals surface area contributed by atoms with Crippen LogP contribution >= 0.6 is 0 Å². The number of aromatic nitrogens is 1. The Labute approximate surface area is 277 Å². The van der Waals surface area contributed by atoms with Crippen LogP contribution in [0.2, 0.25) is 0 Å². The van der Waals surface area contributed by atoms with E-state index in [-0.39, 0.29) is 5.41 Å². The number of pyridine rings is 1. The van der Waals surface area contributed by atoms with E-state index in [9.17, 15) is 0 Å². The standard InChI is InChI=1S/C47H27N/c1-3-11-28(12-4-1)30-19-25-41-36(27-30)35-21-24-40-45-44-39(47(40)37-17-9-7-15-32(37)33-16-8-10-18-38(33)47)23-20-34-31(29-13-5-2-6-14-29)22-26-42(43(34)44)48(41)46(35)45/h1-27H. The van der Waals surface area contributed by atoms with Gasteiger partial charge in [-0.3, -0.25) is 0 Å². The summed E-state index contributed by atoms with van der Waals surface area (Å²) in [6.07, 6.45) is 0. The van der Waals surface area contributed by atoms with E-state index in [4.69, 9.17) is 0 Å². The van der Waals surface area contributed by atoms with Crippen molar-refractivity contribution in [3.63, 3.8) is 0 Å². The van der Waals surface area contributed by atoms with Crippen LogP contribution in [0.15, 0.2) is 164 Å². The second kappa shape index (κ2) is 8.59. The summed E-state index contributed by atoms with van der Waals surface area (Å²) < 4.78 is 2.58. The predicted octanol–water partition coefficient (Wildman–Crippen LogP) is 12.0. The molecule has 0 aliphatic heterocycles. The van der Waals surface area contributed by atoms with Gasteiger partial charge >= 0.3 is 0 Å². The first-order valence-electron chi connectivity index (χ1n) is 16.9. The zero-order chi connectivity index (χ0) is 31.1. The Hall–Kier alpha value is -6.18. The Morgan fingerprint density at radius 1 is 0.333 bits per heavy atom. The van der Waals surface area contributed by atoms with Crippen LogP contribution in [-0.2, 0) is 5.41 Å². The molecular weight excluding hydrogens is 579 g/mol. The lowest BCUT2D eigenvalue weighted by molar-refractivity contribution is 0.797. The Morgan fingerprint density at radius 2 is 0.938 bits per heavy atom. The molecule has 0 atom stereocenters. The normalized spacial score (nSPS) is 14.0. The third-order valence-corrected chi connectivity index (χ3v) is 11.5. The fraction of sp³-hybridized carbons (Fsp3) is 0.0213. The van der Waals surface area contributed by atoms with Gasteiger partial charge in [0.15, 0.2) is 0 Å². The quantitative estimate of drug-likeness (QED) is 0.136. The number of fused-ring (bicyclic) bond motifs is 11. The lowest BCUT2D eigenvalue weighted by Crippen LogP contribution is -2.26. The molecule has 0 saturated carbocycles. The van der Waals surface area contributed by atoms with Crippen molar-refractivity contribution in [2.24, 2.45) is 0 Å². The van der Waals surface area contributed by atoms with Gasteiger partial charge in [-0.1, -0.05) is 146 Å². The summed E-state index contributed by atoms with van der Waals surface area (Å²) in [5.41, 5.74) is 16.8. The van der Waals surface area contributed by atoms with Crippen molar-refractivity contribution in [2.45, 2.75) is 5.41 Å². The molecule has 12 rings (SSSR count). The smallest absolute Gasteiger partial charge is 0.0726 e. The molecule has 48 heavy (non-hydrogen) atoms. The van der Waals surface area contributed by atoms with Gasteiger partial charge in [-0.15, -0.1) is 0 Å². The molecule has 0 radical (unpaired) electrons. The number of rotatable bonds is 2. The number of hydrogen-bond acceptors (Lipinski definition) is 0. The number of benzene rings is 8. The zero-order valence-electron chi connectivity index (χ0n) is 26.0. The zero-order valence-corrected chi connectivity index (χ0v) is 26.0. The summed E-state index contributed by atoms with van der Waals surface area (Å²) in [7, 11) is 0. The number of hydrogen-bond donors (Lipinski definition) is 0. The van der Waals surface area contributed by atoms with E-state index >= 15 is 0 Å². The van der Waals surface area contributed by atoms with Gasteiger partial charge in [0.05, 0.1) is 22.0 Å². The maximum atomic E-state index is 2.58. The summed E-state index contributed by atoms with van der Waals surface area (Å²) in [6, 6.07) is 61.4. The molecule has 0 fully saturated rings. The first-order valence-corrected chi connectivity index (χ1v) is 16.9. The molecule has 0 N–H and O–H groups in total. The summed E-state index contributed by atoms with van der Waals surface area (Å²) in [5, 5.41) is 8.10. The average Bonchev–Trinajstić information content (AvgIpc) is 3.77. The van der Waals surface area contributed by atoms with E-state index in [2.05, 4.69) is 168 Å². The minimum absolute atomic E-state index is 0.374. The molecule has 1 nitrogen and oxygen atoms in total. The van der Waals surface area contributed by atoms with Crippen molar-refractivity contribution >= 4 is 48.9 Å². The fourth-order valence-corrected chi connectivity index (χ4v) is 9.75. The summed E-state index contributed by atoms with van der Waals surface area (Å²) in [6.45, 7) is 0. The van der Waals surface area contributed by atoms with Gasteiger partial charge in [0, 0.05) is 21.5 Å². The largest absolute Gasteiger partial charge is 0.308 e. The maximum absolute atomic E-state index is 2.58. The second-order valence-electron chi connectivity index (χ2n) is 13.6. The first kappa shape index (κ1) is 25.0. The molecule has 8 aromatic carbocycles. The molecule has 2 aliphatic rings. The van der Waals surface area contributed by atoms with E-state index in [1.165, 1.54) is 105 Å². The Morgan fingerprint density at radius 3 is 1.67 bits per heavy atom. The predicted molar refractivity (Wildman–Crippen MR) is 200 cm³/mol. The van der Waals surface area contributed by atoms with Crippen molar-refractivity contribution < 1.29 is 0 Å². The Balaban J connectivity index is 1.33. The van der Waals surface area contributed by atoms with Crippen LogP contribution < -0.4 is 0 Å². The van der Waals surface area contributed by atoms with E-state index in [0.717, 1.165) is 0 Å². The van der Waals surface area contributed by atoms with Gasteiger partial charge < -0.3 is 4.40 Å². The van der Waals surface area contributed by atoms with Crippen molar-refractivity contribution in [3.05, 3.63) is 186 Å². The Bertz CT molecular complexity index is 2940. The van der Waals surface area contributed by atoms with Crippen molar-refractivity contribution in [1.82, 2.24) is 4.40 Å². The van der Waals surface area contributed by atoms with Crippen LogP contribution in [0.3, 0.4) is 0 Å². The highest BCUT2D eigenvalue weighted by molar-refractivity contribution is 6.32. The van der Waals surface area contributed by atoms with Crippen LogP contribution in [-0.4, -0.2) is 4.40 Å². The van der Waals surface area contributed by atoms with E-state index in [0.29, 0.717) is 0 Å². The lowest BCUT2D eigenvalue weighted by atomic mass is 9.70. The molecule has 0 saturated heterocycles. The minimum atomic E-state index is -0.374. The van der Waals surface area contributed by atoms with Crippen LogP contribution in [0.4, 0.5) is 0 Å². The molecule has 2 heterocycles. The van der Waals surface area contributed by atoms with Gasteiger partial charge in [-0.05, 0) is 84.6 Å². The van der Waals surface area contributed by atoms with Gasteiger partial charge in [0.1, 0.15) is 0 Å². The molecule has 220 valence electrons. The highest BCUT2D eigenvalue weighted by Crippen LogP contribution is 2.64. The molecule has 1 spiro atoms. The molecular formula is C47H27N. The van der Waals surface area contributed by atoms with Gasteiger partial charge in [0.25, 0.3) is 0 Å². The monoisotopic (exact) mass is 605 g/mol. The molecule has 0 amide bonds. The number of nitrogens with zero attached hydrogens (tertiary/aromatic N) is 1. The molecule has 10 aromatic rings. The molecule has 2 aliphatic carbocycles. The van der Waals surface area contributed by atoms with Crippen molar-refractivity contribution in [3.8, 4) is 33.4 Å². The van der Waals surface area contributed by atoms with E-state index < -0.39 is 0 Å².